The average molecular weight is 511 g/mol. The van der Waals surface area contributed by atoms with Gasteiger partial charge in [-0.15, -0.1) is 0 Å². The smallest absolute Gasteiger partial charge is 0.264 e. The summed E-state index contributed by atoms with van der Waals surface area (Å²) in [5.41, 5.74) is 1.22. The summed E-state index contributed by atoms with van der Waals surface area (Å²) in [4.78, 5) is -0.375. The highest BCUT2D eigenvalue weighted by Crippen LogP contribution is 2.32. The summed E-state index contributed by atoms with van der Waals surface area (Å²) < 4.78 is 59.8. The van der Waals surface area contributed by atoms with Gasteiger partial charge in [0.25, 0.3) is 20.0 Å². The average Bonchev–Trinajstić information content (AvgIpc) is 2.96. The first kappa shape index (κ1) is 22.7. The molecule has 8 nitrogen and oxygen atoms in total. The Kier molecular flexibility index (Phi) is 6.26. The summed E-state index contributed by atoms with van der Waals surface area (Å²) in [5.74, 6) is 0.00605. The third-order valence-electron chi connectivity index (χ3n) is 4.07. The van der Waals surface area contributed by atoms with Crippen LogP contribution in [-0.2, 0) is 20.0 Å². The second-order valence-electron chi connectivity index (χ2n) is 6.15. The van der Waals surface area contributed by atoms with Crippen LogP contribution in [0.4, 0.5) is 11.6 Å². The Morgan fingerprint density at radius 1 is 0.833 bits per heavy atom. The summed E-state index contributed by atoms with van der Waals surface area (Å²) in [6.45, 7) is 3.34. The number of nitrogens with one attached hydrogen (secondary N) is 2. The van der Waals surface area contributed by atoms with Gasteiger partial charge >= 0.3 is 0 Å². The van der Waals surface area contributed by atoms with Gasteiger partial charge in [0.1, 0.15) is 4.90 Å². The first-order chi connectivity index (χ1) is 13.9. The fourth-order valence-corrected chi connectivity index (χ4v) is 5.42. The third-order valence-corrected chi connectivity index (χ3v) is 7.98. The van der Waals surface area contributed by atoms with Crippen molar-refractivity contribution in [1.29, 1.82) is 0 Å². The van der Waals surface area contributed by atoms with Gasteiger partial charge < -0.3 is 4.52 Å². The molecule has 0 unspecified atom stereocenters. The number of rotatable bonds is 6. The van der Waals surface area contributed by atoms with Crippen molar-refractivity contribution in [1.82, 2.24) is 5.16 Å². The van der Waals surface area contributed by atoms with Crippen molar-refractivity contribution in [3.8, 4) is 0 Å². The van der Waals surface area contributed by atoms with Gasteiger partial charge in [-0.05, 0) is 50.2 Å². The third kappa shape index (κ3) is 4.68. The molecule has 0 fully saturated rings. The minimum atomic E-state index is -4.10. The molecule has 0 amide bonds. The van der Waals surface area contributed by atoms with Crippen molar-refractivity contribution in [2.75, 3.05) is 9.44 Å². The van der Waals surface area contributed by atoms with Gasteiger partial charge in [0.15, 0.2) is 0 Å². The maximum atomic E-state index is 12.6. The zero-order valence-corrected chi connectivity index (χ0v) is 19.3. The fraction of sp³-hybridized carbons (Fsp3) is 0.118. The fourth-order valence-electron chi connectivity index (χ4n) is 2.31. The van der Waals surface area contributed by atoms with Crippen molar-refractivity contribution < 1.29 is 21.4 Å². The molecular weight excluding hydrogens is 497 g/mol. The van der Waals surface area contributed by atoms with Gasteiger partial charge in [0, 0.05) is 11.3 Å². The first-order valence-electron chi connectivity index (χ1n) is 8.14. The second kappa shape index (κ2) is 8.27. The maximum absolute atomic E-state index is 12.6. The maximum Gasteiger partial charge on any atom is 0.264 e. The molecule has 0 atom stereocenters. The summed E-state index contributed by atoms with van der Waals surface area (Å²) in [6, 6.07) is 7.38. The van der Waals surface area contributed by atoms with E-state index in [0.717, 1.165) is 6.07 Å². The Hall–Kier alpha value is -1.98. The summed E-state index contributed by atoms with van der Waals surface area (Å²) in [6.07, 6.45) is 0. The molecule has 30 heavy (non-hydrogen) atoms. The van der Waals surface area contributed by atoms with Crippen LogP contribution in [0, 0.1) is 13.8 Å². The molecule has 1 heterocycles. The van der Waals surface area contributed by atoms with E-state index in [4.69, 9.17) is 39.3 Å². The van der Waals surface area contributed by atoms with E-state index in [2.05, 4.69) is 14.6 Å². The van der Waals surface area contributed by atoms with Crippen LogP contribution in [0.2, 0.25) is 15.1 Å². The number of hydrogen-bond donors (Lipinski definition) is 2. The van der Waals surface area contributed by atoms with E-state index in [1.807, 2.05) is 0 Å². The topological polar surface area (TPSA) is 118 Å². The molecule has 0 radical (unpaired) electrons. The number of benzene rings is 2. The molecule has 2 aromatic carbocycles. The van der Waals surface area contributed by atoms with Crippen molar-refractivity contribution in [3.63, 3.8) is 0 Å². The summed E-state index contributed by atoms with van der Waals surface area (Å²) in [7, 11) is -8.06. The molecule has 1 aromatic heterocycles. The molecule has 3 aromatic rings. The Labute approximate surface area is 188 Å². The van der Waals surface area contributed by atoms with Crippen LogP contribution in [0.3, 0.4) is 0 Å². The molecule has 0 bridgehead atoms. The van der Waals surface area contributed by atoms with Crippen molar-refractivity contribution in [2.45, 2.75) is 23.6 Å². The molecule has 0 spiro atoms. The minimum Gasteiger partial charge on any atom is -0.337 e. The van der Waals surface area contributed by atoms with Crippen LogP contribution in [0.25, 0.3) is 0 Å². The van der Waals surface area contributed by atoms with Gasteiger partial charge in [-0.2, -0.15) is 0 Å². The minimum absolute atomic E-state index is 0.00605. The van der Waals surface area contributed by atoms with E-state index in [1.54, 1.807) is 13.8 Å². The highest BCUT2D eigenvalue weighted by atomic mass is 35.5. The normalized spacial score (nSPS) is 12.0. The van der Waals surface area contributed by atoms with Gasteiger partial charge in [-0.25, -0.2) is 21.6 Å². The number of sulfonamides is 2. The SMILES string of the molecule is Cc1noc(NS(=O)(=O)c2ccc(NS(=O)(=O)c3cc(Cl)c(Cl)cc3Cl)cc2)c1C. The highest BCUT2D eigenvalue weighted by molar-refractivity contribution is 7.93. The molecule has 0 aliphatic carbocycles. The van der Waals surface area contributed by atoms with Crippen LogP contribution in [-0.4, -0.2) is 22.0 Å². The Balaban J connectivity index is 1.83. The first-order valence-corrected chi connectivity index (χ1v) is 12.2. The lowest BCUT2D eigenvalue weighted by molar-refractivity contribution is 0.430. The zero-order valence-electron chi connectivity index (χ0n) is 15.4. The van der Waals surface area contributed by atoms with E-state index < -0.39 is 20.0 Å². The van der Waals surface area contributed by atoms with Gasteiger partial charge in [-0.3, -0.25) is 4.72 Å². The van der Waals surface area contributed by atoms with E-state index in [1.165, 1.54) is 30.3 Å². The summed E-state index contributed by atoms with van der Waals surface area (Å²) >= 11 is 17.7. The number of aromatic nitrogens is 1. The van der Waals surface area contributed by atoms with E-state index in [-0.39, 0.29) is 36.4 Å². The molecule has 3 rings (SSSR count). The van der Waals surface area contributed by atoms with Crippen molar-refractivity contribution >= 4 is 66.4 Å². The van der Waals surface area contributed by atoms with Gasteiger partial charge in [-0.1, -0.05) is 40.0 Å². The lowest BCUT2D eigenvalue weighted by Crippen LogP contribution is -2.15. The molecule has 2 N–H and O–H groups in total. The largest absolute Gasteiger partial charge is 0.337 e. The molecule has 0 saturated carbocycles. The lowest BCUT2D eigenvalue weighted by atomic mass is 10.3. The Morgan fingerprint density at radius 3 is 2.00 bits per heavy atom. The van der Waals surface area contributed by atoms with E-state index >= 15 is 0 Å². The lowest BCUT2D eigenvalue weighted by Gasteiger charge is -2.11. The Morgan fingerprint density at radius 2 is 1.43 bits per heavy atom. The zero-order chi connectivity index (χ0) is 22.3. The quantitative estimate of drug-likeness (QED) is 0.457. The molecule has 0 aliphatic rings. The van der Waals surface area contributed by atoms with Crippen molar-refractivity contribution in [3.05, 3.63) is 62.7 Å². The molecule has 0 saturated heterocycles. The number of anilines is 2. The standard InChI is InChI=1S/C17H14Cl3N3O5S2/c1-9-10(2)21-28-17(9)23-29(24,25)12-5-3-11(4-6-12)22-30(26,27)16-8-14(19)13(18)7-15(16)20/h3-8,22-23H,1-2H3. The van der Waals surface area contributed by atoms with Gasteiger partial charge in [0.2, 0.25) is 5.88 Å². The number of halogens is 3. The van der Waals surface area contributed by atoms with Crippen LogP contribution in [0.1, 0.15) is 11.3 Å². The highest BCUT2D eigenvalue weighted by Gasteiger charge is 2.22. The number of nitrogens with zero attached hydrogens (tertiary/aromatic N) is 1. The predicted octanol–water partition coefficient (Wildman–Crippen LogP) is 4.85. The van der Waals surface area contributed by atoms with Crippen LogP contribution >= 0.6 is 34.8 Å². The molecule has 160 valence electrons. The Bertz CT molecular complexity index is 1320. The van der Waals surface area contributed by atoms with Crippen LogP contribution in [0.15, 0.2) is 50.7 Å². The molecule has 13 heteroatoms. The second-order valence-corrected chi connectivity index (χ2v) is 10.7. The molecule has 0 aliphatic heterocycles. The predicted molar refractivity (Wildman–Crippen MR) is 116 cm³/mol. The van der Waals surface area contributed by atoms with Gasteiger partial charge in [0.05, 0.1) is 25.7 Å². The van der Waals surface area contributed by atoms with Crippen molar-refractivity contribution in [2.24, 2.45) is 0 Å². The summed E-state index contributed by atoms with van der Waals surface area (Å²) in [5, 5.41) is 3.71. The van der Waals surface area contributed by atoms with Crippen LogP contribution < -0.4 is 9.44 Å². The number of hydrogen-bond acceptors (Lipinski definition) is 6. The monoisotopic (exact) mass is 509 g/mol. The van der Waals surface area contributed by atoms with E-state index in [9.17, 15) is 16.8 Å². The van der Waals surface area contributed by atoms with E-state index in [0.29, 0.717) is 11.3 Å². The number of aryl methyl sites for hydroxylation is 1. The van der Waals surface area contributed by atoms with Crippen LogP contribution in [0.5, 0.6) is 0 Å². The molecular formula is C17H14Cl3N3O5S2.